The fourth-order valence-electron chi connectivity index (χ4n) is 4.53. The molecule has 0 spiro atoms. The summed E-state index contributed by atoms with van der Waals surface area (Å²) in [5.74, 6) is -0.540. The predicted molar refractivity (Wildman–Crippen MR) is 126 cm³/mol. The van der Waals surface area contributed by atoms with Crippen molar-refractivity contribution in [3.63, 3.8) is 0 Å². The van der Waals surface area contributed by atoms with Gasteiger partial charge in [-0.25, -0.2) is 0 Å². The van der Waals surface area contributed by atoms with E-state index < -0.39 is 23.6 Å². The largest absolute Gasteiger partial charge is 0.481 e. The first-order chi connectivity index (χ1) is 16.7. The van der Waals surface area contributed by atoms with Crippen molar-refractivity contribution >= 4 is 17.6 Å². The van der Waals surface area contributed by atoms with Gasteiger partial charge in [0, 0.05) is 17.5 Å². The molecule has 35 heavy (non-hydrogen) atoms. The highest BCUT2D eigenvalue weighted by Crippen LogP contribution is 2.37. The fourth-order valence-corrected chi connectivity index (χ4v) is 4.53. The van der Waals surface area contributed by atoms with Gasteiger partial charge in [0.1, 0.15) is 0 Å². The van der Waals surface area contributed by atoms with Crippen LogP contribution in [0.2, 0.25) is 0 Å². The number of nitrogens with zero attached hydrogens (tertiary/aromatic N) is 1. The van der Waals surface area contributed by atoms with Crippen LogP contribution >= 0.6 is 0 Å². The van der Waals surface area contributed by atoms with Crippen LogP contribution in [-0.4, -0.2) is 22.0 Å². The molecule has 1 aliphatic rings. The van der Waals surface area contributed by atoms with Crippen molar-refractivity contribution in [2.75, 3.05) is 5.32 Å². The van der Waals surface area contributed by atoms with Crippen molar-refractivity contribution in [3.8, 4) is 11.3 Å². The minimum absolute atomic E-state index is 0.120. The van der Waals surface area contributed by atoms with Gasteiger partial charge in [-0.2, -0.15) is 13.2 Å². The lowest BCUT2D eigenvalue weighted by Crippen LogP contribution is -2.16. The molecule has 182 valence electrons. The number of hydrogen-bond acceptors (Lipinski definition) is 3. The van der Waals surface area contributed by atoms with E-state index in [2.05, 4.69) is 22.4 Å². The van der Waals surface area contributed by atoms with E-state index in [-0.39, 0.29) is 17.9 Å². The quantitative estimate of drug-likeness (QED) is 0.406. The molecule has 4 rings (SSSR count). The second kappa shape index (κ2) is 10.3. The molecule has 0 atom stereocenters. The van der Waals surface area contributed by atoms with E-state index in [1.54, 1.807) is 12.1 Å². The lowest BCUT2D eigenvalue weighted by molar-refractivity contribution is -0.139. The average Bonchev–Trinajstić information content (AvgIpc) is 2.84. The molecule has 3 aromatic rings. The van der Waals surface area contributed by atoms with Crippen molar-refractivity contribution in [1.29, 1.82) is 0 Å². The molecule has 1 saturated carbocycles. The van der Waals surface area contributed by atoms with Gasteiger partial charge in [-0.15, -0.1) is 0 Å². The molecular weight excluding hydrogens is 457 g/mol. The Hall–Kier alpha value is -3.68. The second-order valence-corrected chi connectivity index (χ2v) is 8.90. The molecule has 1 aromatic heterocycles. The van der Waals surface area contributed by atoms with Gasteiger partial charge in [-0.05, 0) is 79.5 Å². The minimum atomic E-state index is -4.45. The molecule has 2 aromatic carbocycles. The highest BCUT2D eigenvalue weighted by atomic mass is 19.4. The smallest absolute Gasteiger partial charge is 0.416 e. The number of amides is 1. The van der Waals surface area contributed by atoms with Crippen LogP contribution in [0.25, 0.3) is 11.3 Å². The first-order valence-electron chi connectivity index (χ1n) is 11.5. The number of nitrogens with one attached hydrogen (secondary N) is 1. The third kappa shape index (κ3) is 6.26. The van der Waals surface area contributed by atoms with Crippen LogP contribution in [0.4, 0.5) is 18.9 Å². The highest BCUT2D eigenvalue weighted by molar-refractivity contribution is 6.04. The first kappa shape index (κ1) is 24.4. The number of halogens is 3. The maximum atomic E-state index is 12.7. The monoisotopic (exact) mass is 482 g/mol. The maximum absolute atomic E-state index is 12.7. The Morgan fingerprint density at radius 2 is 1.57 bits per heavy atom. The number of aromatic nitrogens is 1. The van der Waals surface area contributed by atoms with Crippen LogP contribution in [-0.2, 0) is 11.0 Å². The Morgan fingerprint density at radius 1 is 0.914 bits per heavy atom. The Balaban J connectivity index is 1.35. The van der Waals surface area contributed by atoms with Crippen LogP contribution in [0.15, 0.2) is 66.9 Å². The van der Waals surface area contributed by atoms with Crippen molar-refractivity contribution in [2.45, 2.75) is 44.2 Å². The average molecular weight is 483 g/mol. The van der Waals surface area contributed by atoms with Gasteiger partial charge in [0.2, 0.25) is 0 Å². The van der Waals surface area contributed by atoms with Crippen LogP contribution in [0, 0.1) is 5.92 Å². The SMILES string of the molecule is O=C(O)CC1CCC(c2ccc(-c3ccc(NC(=O)c4ccc(C(F)(F)F)cc4)cn3)cc2)CC1. The summed E-state index contributed by atoms with van der Waals surface area (Å²) in [4.78, 5) is 27.7. The Morgan fingerprint density at radius 3 is 2.11 bits per heavy atom. The summed E-state index contributed by atoms with van der Waals surface area (Å²) in [7, 11) is 0. The number of pyridine rings is 1. The number of hydrogen-bond donors (Lipinski definition) is 2. The van der Waals surface area contributed by atoms with Crippen LogP contribution < -0.4 is 5.32 Å². The zero-order valence-corrected chi connectivity index (χ0v) is 18.9. The number of carbonyl (C=O) groups excluding carboxylic acids is 1. The van der Waals surface area contributed by atoms with Crippen molar-refractivity contribution in [3.05, 3.63) is 83.6 Å². The van der Waals surface area contributed by atoms with Gasteiger partial charge in [-0.1, -0.05) is 24.3 Å². The number of carbonyl (C=O) groups is 2. The normalized spacial score (nSPS) is 18.1. The molecule has 0 bridgehead atoms. The second-order valence-electron chi connectivity index (χ2n) is 8.90. The maximum Gasteiger partial charge on any atom is 0.416 e. The van der Waals surface area contributed by atoms with E-state index in [9.17, 15) is 22.8 Å². The molecular formula is C27H25F3N2O3. The minimum Gasteiger partial charge on any atom is -0.481 e. The Kier molecular flexibility index (Phi) is 7.19. The van der Waals surface area contributed by atoms with E-state index in [0.717, 1.165) is 61.2 Å². The fraction of sp³-hybridized carbons (Fsp3) is 0.296. The zero-order chi connectivity index (χ0) is 25.0. The summed E-state index contributed by atoms with van der Waals surface area (Å²) in [5, 5.41) is 11.6. The molecule has 1 aliphatic carbocycles. The number of anilines is 1. The van der Waals surface area contributed by atoms with Gasteiger partial charge in [0.15, 0.2) is 0 Å². The molecule has 2 N–H and O–H groups in total. The van der Waals surface area contributed by atoms with Gasteiger partial charge in [-0.3, -0.25) is 14.6 Å². The topological polar surface area (TPSA) is 79.3 Å². The highest BCUT2D eigenvalue weighted by Gasteiger charge is 2.30. The summed E-state index contributed by atoms with van der Waals surface area (Å²) < 4.78 is 38.1. The molecule has 8 heteroatoms. The van der Waals surface area contributed by atoms with Crippen LogP contribution in [0.3, 0.4) is 0 Å². The molecule has 0 saturated heterocycles. The number of alkyl halides is 3. The molecule has 1 heterocycles. The molecule has 0 radical (unpaired) electrons. The first-order valence-corrected chi connectivity index (χ1v) is 11.5. The van der Waals surface area contributed by atoms with Gasteiger partial charge in [0.25, 0.3) is 5.91 Å². The van der Waals surface area contributed by atoms with E-state index in [4.69, 9.17) is 5.11 Å². The number of carboxylic acid groups (broad SMARTS) is 1. The third-order valence-corrected chi connectivity index (χ3v) is 6.48. The van der Waals surface area contributed by atoms with Crippen molar-refractivity contribution < 1.29 is 27.9 Å². The van der Waals surface area contributed by atoms with Gasteiger partial charge >= 0.3 is 12.1 Å². The van der Waals surface area contributed by atoms with E-state index >= 15 is 0 Å². The van der Waals surface area contributed by atoms with Gasteiger partial charge < -0.3 is 10.4 Å². The van der Waals surface area contributed by atoms with E-state index in [0.29, 0.717) is 11.6 Å². The molecule has 5 nitrogen and oxygen atoms in total. The summed E-state index contributed by atoms with van der Waals surface area (Å²) >= 11 is 0. The number of rotatable bonds is 6. The number of carboxylic acids is 1. The Bertz CT molecular complexity index is 1170. The van der Waals surface area contributed by atoms with Crippen molar-refractivity contribution in [1.82, 2.24) is 4.98 Å². The molecule has 1 fully saturated rings. The Labute approximate surface area is 201 Å². The van der Waals surface area contributed by atoms with Crippen LogP contribution in [0.1, 0.15) is 59.5 Å². The lowest BCUT2D eigenvalue weighted by atomic mass is 9.77. The van der Waals surface area contributed by atoms with Crippen LogP contribution in [0.5, 0.6) is 0 Å². The molecule has 1 amide bonds. The lowest BCUT2D eigenvalue weighted by Gasteiger charge is -2.28. The number of benzene rings is 2. The van der Waals surface area contributed by atoms with Crippen molar-refractivity contribution in [2.24, 2.45) is 5.92 Å². The summed E-state index contributed by atoms with van der Waals surface area (Å²) in [5.41, 5.74) is 2.64. The molecule has 0 unspecified atom stereocenters. The van der Waals surface area contributed by atoms with E-state index in [1.165, 1.54) is 11.8 Å². The predicted octanol–water partition coefficient (Wildman–Crippen LogP) is 6.77. The molecule has 0 aliphatic heterocycles. The number of aliphatic carboxylic acids is 1. The third-order valence-electron chi connectivity index (χ3n) is 6.48. The van der Waals surface area contributed by atoms with Gasteiger partial charge in [0.05, 0.1) is 23.1 Å². The standard InChI is InChI=1S/C27H25F3N2O3/c28-27(29,30)22-11-9-21(10-12-22)26(35)32-23-13-14-24(31-16-23)20-7-5-19(6-8-20)18-3-1-17(2-4-18)15-25(33)34/h5-14,16-18H,1-4,15H2,(H,32,35)(H,33,34). The van der Waals surface area contributed by atoms with E-state index in [1.807, 2.05) is 12.1 Å². The summed E-state index contributed by atoms with van der Waals surface area (Å²) in [6.07, 6.45) is 1.15. The summed E-state index contributed by atoms with van der Waals surface area (Å²) in [6, 6.07) is 15.7. The summed E-state index contributed by atoms with van der Waals surface area (Å²) in [6.45, 7) is 0. The zero-order valence-electron chi connectivity index (χ0n) is 18.9.